The number of hydrogen-bond donors (Lipinski definition) is 1. The molecule has 3 heterocycles. The summed E-state index contributed by atoms with van der Waals surface area (Å²) in [6.45, 7) is 3.25. The van der Waals surface area contributed by atoms with Gasteiger partial charge in [-0.05, 0) is 31.9 Å². The number of aromatic nitrogens is 4. The molecule has 1 aliphatic rings. The number of benzene rings is 1. The lowest BCUT2D eigenvalue weighted by molar-refractivity contribution is 0.0705. The molecule has 0 bridgehead atoms. The van der Waals surface area contributed by atoms with Gasteiger partial charge in [-0.3, -0.25) is 14.9 Å². The molecule has 6 nitrogen and oxygen atoms in total. The Balaban J connectivity index is 1.56. The lowest BCUT2D eigenvalue weighted by atomic mass is 9.94. The second-order valence-corrected chi connectivity index (χ2v) is 7.27. The Hall–Kier alpha value is -2.73. The van der Waals surface area contributed by atoms with Crippen LogP contribution in [-0.4, -0.2) is 44.1 Å². The van der Waals surface area contributed by atoms with Gasteiger partial charge in [-0.2, -0.15) is 5.10 Å². The normalized spacial score (nSPS) is 17.1. The second kappa shape index (κ2) is 7.48. The fourth-order valence-corrected chi connectivity index (χ4v) is 3.69. The fourth-order valence-electron chi connectivity index (χ4n) is 3.50. The first-order valence-electron chi connectivity index (χ1n) is 8.99. The van der Waals surface area contributed by atoms with Gasteiger partial charge in [0.1, 0.15) is 0 Å². The van der Waals surface area contributed by atoms with Crippen molar-refractivity contribution in [2.45, 2.75) is 25.7 Å². The summed E-state index contributed by atoms with van der Waals surface area (Å²) in [7, 11) is 0. The van der Waals surface area contributed by atoms with Crippen LogP contribution >= 0.6 is 11.6 Å². The number of halogens is 1. The third kappa shape index (κ3) is 3.71. The molecule has 1 fully saturated rings. The van der Waals surface area contributed by atoms with E-state index in [1.54, 1.807) is 18.6 Å². The number of piperidine rings is 1. The van der Waals surface area contributed by atoms with Crippen molar-refractivity contribution in [2.75, 3.05) is 13.1 Å². The molecule has 2 aromatic heterocycles. The SMILES string of the molecule is Cc1[nH]ncc1C(=O)N1CCC[C@@H](c2cncc(-c3cccc(Cl)c3)n2)C1. The maximum atomic E-state index is 12.8. The summed E-state index contributed by atoms with van der Waals surface area (Å²) >= 11 is 6.10. The number of hydrogen-bond acceptors (Lipinski definition) is 4. The van der Waals surface area contributed by atoms with E-state index in [-0.39, 0.29) is 11.8 Å². The number of nitrogens with zero attached hydrogens (tertiary/aromatic N) is 4. The van der Waals surface area contributed by atoms with Crippen LogP contribution in [0, 0.1) is 6.92 Å². The van der Waals surface area contributed by atoms with E-state index in [4.69, 9.17) is 16.6 Å². The van der Waals surface area contributed by atoms with Crippen molar-refractivity contribution in [1.82, 2.24) is 25.1 Å². The van der Waals surface area contributed by atoms with Gasteiger partial charge in [-0.25, -0.2) is 4.98 Å². The average molecular weight is 382 g/mol. The lowest BCUT2D eigenvalue weighted by Crippen LogP contribution is -2.39. The number of aromatic amines is 1. The van der Waals surface area contributed by atoms with Crippen LogP contribution in [0.5, 0.6) is 0 Å². The molecule has 138 valence electrons. The van der Waals surface area contributed by atoms with Crippen molar-refractivity contribution < 1.29 is 4.79 Å². The number of carbonyl (C=O) groups is 1. The Kier molecular flexibility index (Phi) is 4.90. The summed E-state index contributed by atoms with van der Waals surface area (Å²) in [5.74, 6) is 0.187. The van der Waals surface area contributed by atoms with Crippen LogP contribution in [0.1, 0.15) is 40.5 Å². The van der Waals surface area contributed by atoms with Gasteiger partial charge < -0.3 is 4.90 Å². The third-order valence-electron chi connectivity index (χ3n) is 4.96. The molecule has 1 N–H and O–H groups in total. The van der Waals surface area contributed by atoms with E-state index >= 15 is 0 Å². The average Bonchev–Trinajstić information content (AvgIpc) is 3.13. The van der Waals surface area contributed by atoms with E-state index in [9.17, 15) is 4.79 Å². The van der Waals surface area contributed by atoms with E-state index < -0.39 is 0 Å². The van der Waals surface area contributed by atoms with E-state index in [1.807, 2.05) is 36.1 Å². The monoisotopic (exact) mass is 381 g/mol. The predicted octanol–water partition coefficient (Wildman–Crippen LogP) is 3.85. The number of amides is 1. The first kappa shape index (κ1) is 17.7. The molecule has 1 atom stereocenters. The number of rotatable bonds is 3. The molecule has 0 saturated carbocycles. The zero-order valence-electron chi connectivity index (χ0n) is 15.0. The van der Waals surface area contributed by atoms with Gasteiger partial charge >= 0.3 is 0 Å². The highest BCUT2D eigenvalue weighted by molar-refractivity contribution is 6.30. The molecule has 27 heavy (non-hydrogen) atoms. The number of likely N-dealkylation sites (tertiary alicyclic amines) is 1. The minimum absolute atomic E-state index is 0.0184. The number of carbonyl (C=O) groups excluding carboxylic acids is 1. The molecule has 1 aromatic carbocycles. The molecule has 3 aromatic rings. The molecule has 1 saturated heterocycles. The van der Waals surface area contributed by atoms with Crippen molar-refractivity contribution in [2.24, 2.45) is 0 Å². The highest BCUT2D eigenvalue weighted by atomic mass is 35.5. The highest BCUT2D eigenvalue weighted by Crippen LogP contribution is 2.28. The Labute approximate surface area is 162 Å². The van der Waals surface area contributed by atoms with E-state index in [0.29, 0.717) is 17.1 Å². The zero-order chi connectivity index (χ0) is 18.8. The van der Waals surface area contributed by atoms with Gasteiger partial charge in [0.2, 0.25) is 0 Å². The first-order valence-corrected chi connectivity index (χ1v) is 9.37. The molecular weight excluding hydrogens is 362 g/mol. The molecule has 4 rings (SSSR count). The van der Waals surface area contributed by atoms with Crippen LogP contribution in [0.3, 0.4) is 0 Å². The van der Waals surface area contributed by atoms with Crippen molar-refractivity contribution in [3.8, 4) is 11.3 Å². The lowest BCUT2D eigenvalue weighted by Gasteiger charge is -2.32. The van der Waals surface area contributed by atoms with Crippen LogP contribution in [0.25, 0.3) is 11.3 Å². The van der Waals surface area contributed by atoms with Crippen LogP contribution in [0.15, 0.2) is 42.9 Å². The topological polar surface area (TPSA) is 74.8 Å². The smallest absolute Gasteiger partial charge is 0.257 e. The van der Waals surface area contributed by atoms with Crippen molar-refractivity contribution >= 4 is 17.5 Å². The first-order chi connectivity index (χ1) is 13.1. The summed E-state index contributed by atoms with van der Waals surface area (Å²) in [5, 5.41) is 7.46. The predicted molar refractivity (Wildman–Crippen MR) is 104 cm³/mol. The van der Waals surface area contributed by atoms with Crippen molar-refractivity contribution in [3.63, 3.8) is 0 Å². The largest absolute Gasteiger partial charge is 0.338 e. The summed E-state index contributed by atoms with van der Waals surface area (Å²) in [6, 6.07) is 7.59. The molecule has 0 unspecified atom stereocenters. The van der Waals surface area contributed by atoms with E-state index in [0.717, 1.165) is 42.0 Å². The van der Waals surface area contributed by atoms with Gasteiger partial charge in [0, 0.05) is 41.5 Å². The van der Waals surface area contributed by atoms with Crippen LogP contribution in [0.2, 0.25) is 5.02 Å². The fraction of sp³-hybridized carbons (Fsp3) is 0.300. The van der Waals surface area contributed by atoms with Crippen LogP contribution < -0.4 is 0 Å². The number of aryl methyl sites for hydroxylation is 1. The van der Waals surface area contributed by atoms with Crippen LogP contribution in [0.4, 0.5) is 0 Å². The molecule has 0 radical (unpaired) electrons. The molecule has 1 aliphatic heterocycles. The van der Waals surface area contributed by atoms with Gasteiger partial charge in [0.15, 0.2) is 0 Å². The maximum absolute atomic E-state index is 12.8. The van der Waals surface area contributed by atoms with E-state index in [1.165, 1.54) is 0 Å². The Bertz CT molecular complexity index is 970. The molecule has 0 spiro atoms. The summed E-state index contributed by atoms with van der Waals surface area (Å²) in [4.78, 5) is 23.9. The number of H-pyrrole nitrogens is 1. The molecule has 1 amide bonds. The third-order valence-corrected chi connectivity index (χ3v) is 5.20. The minimum Gasteiger partial charge on any atom is -0.338 e. The Morgan fingerprint density at radius 1 is 1.30 bits per heavy atom. The zero-order valence-corrected chi connectivity index (χ0v) is 15.8. The quantitative estimate of drug-likeness (QED) is 0.747. The minimum atomic E-state index is 0.0184. The van der Waals surface area contributed by atoms with Gasteiger partial charge in [0.25, 0.3) is 5.91 Å². The molecule has 0 aliphatic carbocycles. The van der Waals surface area contributed by atoms with E-state index in [2.05, 4.69) is 15.2 Å². The number of nitrogens with one attached hydrogen (secondary N) is 1. The van der Waals surface area contributed by atoms with Crippen LogP contribution in [-0.2, 0) is 0 Å². The standard InChI is InChI=1S/C20H20ClN5O/c1-13-17(9-23-25-13)20(27)26-7-3-5-15(12-26)19-11-22-10-18(24-19)14-4-2-6-16(21)8-14/h2,4,6,8-11,15H,3,5,7,12H2,1H3,(H,23,25)/t15-/m1/s1. The second-order valence-electron chi connectivity index (χ2n) is 6.84. The van der Waals surface area contributed by atoms with Gasteiger partial charge in [-0.1, -0.05) is 23.7 Å². The molecular formula is C20H20ClN5O. The Morgan fingerprint density at radius 3 is 2.96 bits per heavy atom. The maximum Gasteiger partial charge on any atom is 0.257 e. The summed E-state index contributed by atoms with van der Waals surface area (Å²) < 4.78 is 0. The van der Waals surface area contributed by atoms with Crippen molar-refractivity contribution in [3.05, 3.63) is 64.8 Å². The van der Waals surface area contributed by atoms with Crippen molar-refractivity contribution in [1.29, 1.82) is 0 Å². The highest BCUT2D eigenvalue weighted by Gasteiger charge is 2.28. The molecule has 7 heteroatoms. The summed E-state index contributed by atoms with van der Waals surface area (Å²) in [5.41, 5.74) is 4.08. The Morgan fingerprint density at radius 2 is 2.19 bits per heavy atom. The summed E-state index contributed by atoms with van der Waals surface area (Å²) in [6.07, 6.45) is 7.07. The van der Waals surface area contributed by atoms with Gasteiger partial charge in [0.05, 0.1) is 29.3 Å². The van der Waals surface area contributed by atoms with Gasteiger partial charge in [-0.15, -0.1) is 0 Å².